The Kier molecular flexibility index (Phi) is 3.41. The summed E-state index contributed by atoms with van der Waals surface area (Å²) in [5.74, 6) is -1.03. The number of hydrogen-bond donors (Lipinski definition) is 1. The molecule has 0 aliphatic rings. The van der Waals surface area contributed by atoms with Gasteiger partial charge in [-0.15, -0.1) is 0 Å². The molecular formula is C8H7F3N2O3S. The van der Waals surface area contributed by atoms with E-state index in [0.717, 1.165) is 12.3 Å². The van der Waals surface area contributed by atoms with Gasteiger partial charge in [0.15, 0.2) is 0 Å². The fourth-order valence-electron chi connectivity index (χ4n) is 0.923. The lowest BCUT2D eigenvalue weighted by Gasteiger charge is -2.06. The summed E-state index contributed by atoms with van der Waals surface area (Å²) in [7, 11) is -3.76. The molecule has 1 aromatic heterocycles. The Morgan fingerprint density at radius 1 is 1.35 bits per heavy atom. The monoisotopic (exact) mass is 268 g/mol. The highest BCUT2D eigenvalue weighted by molar-refractivity contribution is 7.89. The van der Waals surface area contributed by atoms with Crippen molar-refractivity contribution in [2.45, 2.75) is 6.18 Å². The number of nitrogens with zero attached hydrogens (tertiary/aromatic N) is 1. The van der Waals surface area contributed by atoms with Crippen molar-refractivity contribution in [1.82, 2.24) is 9.71 Å². The van der Waals surface area contributed by atoms with Crippen molar-refractivity contribution < 1.29 is 26.4 Å². The van der Waals surface area contributed by atoms with Gasteiger partial charge in [0.25, 0.3) is 5.91 Å². The number of pyridine rings is 1. The van der Waals surface area contributed by atoms with Crippen LogP contribution in [-0.2, 0) is 16.2 Å². The van der Waals surface area contributed by atoms with Gasteiger partial charge in [-0.25, -0.2) is 13.1 Å². The summed E-state index contributed by atoms with van der Waals surface area (Å²) in [4.78, 5) is 14.2. The van der Waals surface area contributed by atoms with Crippen LogP contribution in [0.5, 0.6) is 0 Å². The van der Waals surface area contributed by atoms with Crippen LogP contribution >= 0.6 is 0 Å². The highest BCUT2D eigenvalue weighted by Crippen LogP contribution is 2.27. The molecule has 0 fully saturated rings. The van der Waals surface area contributed by atoms with Gasteiger partial charge in [0.05, 0.1) is 11.8 Å². The summed E-state index contributed by atoms with van der Waals surface area (Å²) in [6.45, 7) is 0. The first kappa shape index (κ1) is 13.4. The lowest BCUT2D eigenvalue weighted by atomic mass is 10.2. The van der Waals surface area contributed by atoms with E-state index >= 15 is 0 Å². The summed E-state index contributed by atoms with van der Waals surface area (Å²) in [5.41, 5.74) is -1.43. The van der Waals surface area contributed by atoms with Crippen LogP contribution in [0.2, 0.25) is 0 Å². The van der Waals surface area contributed by atoms with Crippen LogP contribution in [0, 0.1) is 0 Å². The number of nitrogens with one attached hydrogen (secondary N) is 1. The number of sulfonamides is 1. The molecule has 0 saturated carbocycles. The van der Waals surface area contributed by atoms with E-state index in [2.05, 4.69) is 4.98 Å². The zero-order valence-electron chi connectivity index (χ0n) is 8.45. The fraction of sp³-hybridized carbons (Fsp3) is 0.250. The molecule has 17 heavy (non-hydrogen) atoms. The minimum atomic E-state index is -4.61. The number of alkyl halides is 3. The maximum absolute atomic E-state index is 12.1. The van der Waals surface area contributed by atoms with Gasteiger partial charge in [0.2, 0.25) is 10.0 Å². The zero-order valence-corrected chi connectivity index (χ0v) is 9.26. The molecule has 0 aliphatic heterocycles. The van der Waals surface area contributed by atoms with E-state index in [1.54, 1.807) is 4.72 Å². The Morgan fingerprint density at radius 2 is 1.94 bits per heavy atom. The van der Waals surface area contributed by atoms with Gasteiger partial charge in [-0.3, -0.25) is 9.78 Å². The van der Waals surface area contributed by atoms with Gasteiger partial charge < -0.3 is 0 Å². The van der Waals surface area contributed by atoms with Crippen molar-refractivity contribution >= 4 is 15.9 Å². The Morgan fingerprint density at radius 3 is 2.29 bits per heavy atom. The van der Waals surface area contributed by atoms with E-state index in [4.69, 9.17) is 0 Å². The SMILES string of the molecule is CS(=O)(=O)NC(=O)c1ccc(C(F)(F)F)nc1. The smallest absolute Gasteiger partial charge is 0.268 e. The molecule has 1 N–H and O–H groups in total. The summed E-state index contributed by atoms with van der Waals surface area (Å²) in [6, 6.07) is 1.44. The van der Waals surface area contributed by atoms with E-state index in [-0.39, 0.29) is 5.56 Å². The standard InChI is InChI=1S/C8H7F3N2O3S/c1-17(15,16)13-7(14)5-2-3-6(12-4-5)8(9,10)11/h2-4H,1H3,(H,13,14). The second kappa shape index (κ2) is 4.32. The average Bonchev–Trinajstić information content (AvgIpc) is 2.14. The highest BCUT2D eigenvalue weighted by atomic mass is 32.2. The van der Waals surface area contributed by atoms with Crippen LogP contribution in [0.1, 0.15) is 16.1 Å². The van der Waals surface area contributed by atoms with Gasteiger partial charge in [0.1, 0.15) is 5.69 Å². The Labute approximate surface area is 94.7 Å². The van der Waals surface area contributed by atoms with Crippen LogP contribution in [0.15, 0.2) is 18.3 Å². The Hall–Kier alpha value is -1.64. The van der Waals surface area contributed by atoms with Crippen molar-refractivity contribution in [2.24, 2.45) is 0 Å². The van der Waals surface area contributed by atoms with Gasteiger partial charge in [-0.05, 0) is 12.1 Å². The molecule has 1 rings (SSSR count). The molecule has 1 amide bonds. The van der Waals surface area contributed by atoms with Crippen molar-refractivity contribution in [3.05, 3.63) is 29.6 Å². The molecule has 0 aromatic carbocycles. The molecule has 94 valence electrons. The molecule has 1 heterocycles. The number of carbonyl (C=O) groups is 1. The maximum atomic E-state index is 12.1. The van der Waals surface area contributed by atoms with Crippen LogP contribution in [-0.4, -0.2) is 25.6 Å². The van der Waals surface area contributed by atoms with Crippen LogP contribution in [0.25, 0.3) is 0 Å². The average molecular weight is 268 g/mol. The Bertz CT molecular complexity index is 522. The number of hydrogen-bond acceptors (Lipinski definition) is 4. The number of amides is 1. The number of aromatic nitrogens is 1. The molecule has 5 nitrogen and oxygen atoms in total. The van der Waals surface area contributed by atoms with E-state index in [0.29, 0.717) is 12.3 Å². The third-order valence-corrected chi connectivity index (χ3v) is 2.15. The van der Waals surface area contributed by atoms with Crippen LogP contribution < -0.4 is 4.72 Å². The predicted molar refractivity (Wildman–Crippen MR) is 51.5 cm³/mol. The van der Waals surface area contributed by atoms with Crippen LogP contribution in [0.3, 0.4) is 0 Å². The van der Waals surface area contributed by atoms with Crippen molar-refractivity contribution in [2.75, 3.05) is 6.26 Å². The number of rotatable bonds is 2. The summed E-state index contributed by atoms with van der Waals surface area (Å²) < 4.78 is 59.4. The molecule has 0 saturated heterocycles. The molecule has 1 aromatic rings. The molecule has 0 radical (unpaired) electrons. The maximum Gasteiger partial charge on any atom is 0.433 e. The topological polar surface area (TPSA) is 76.1 Å². The van der Waals surface area contributed by atoms with E-state index in [9.17, 15) is 26.4 Å². The van der Waals surface area contributed by atoms with E-state index in [1.807, 2.05) is 0 Å². The first-order chi connectivity index (χ1) is 7.59. The number of halogens is 3. The Balaban J connectivity index is 2.93. The minimum Gasteiger partial charge on any atom is -0.268 e. The van der Waals surface area contributed by atoms with Crippen molar-refractivity contribution in [3.63, 3.8) is 0 Å². The molecule has 9 heteroatoms. The second-order valence-electron chi connectivity index (χ2n) is 3.13. The van der Waals surface area contributed by atoms with Gasteiger partial charge >= 0.3 is 6.18 Å². The predicted octanol–water partition coefficient (Wildman–Crippen LogP) is 0.790. The zero-order chi connectivity index (χ0) is 13.3. The lowest BCUT2D eigenvalue weighted by Crippen LogP contribution is -2.29. The third-order valence-electron chi connectivity index (χ3n) is 1.59. The van der Waals surface area contributed by atoms with Crippen molar-refractivity contribution in [1.29, 1.82) is 0 Å². The molecular weight excluding hydrogens is 261 g/mol. The first-order valence-electron chi connectivity index (χ1n) is 4.15. The van der Waals surface area contributed by atoms with Crippen LogP contribution in [0.4, 0.5) is 13.2 Å². The summed E-state index contributed by atoms with van der Waals surface area (Å²) >= 11 is 0. The minimum absolute atomic E-state index is 0.275. The normalized spacial score (nSPS) is 12.2. The van der Waals surface area contributed by atoms with E-state index < -0.39 is 27.8 Å². The van der Waals surface area contributed by atoms with Gasteiger partial charge in [-0.1, -0.05) is 0 Å². The largest absolute Gasteiger partial charge is 0.433 e. The molecule has 0 spiro atoms. The summed E-state index contributed by atoms with van der Waals surface area (Å²) in [6.07, 6.45) is -3.20. The van der Waals surface area contributed by atoms with Crippen molar-refractivity contribution in [3.8, 4) is 0 Å². The first-order valence-corrected chi connectivity index (χ1v) is 6.04. The third kappa shape index (κ3) is 4.02. The molecule has 0 bridgehead atoms. The van der Waals surface area contributed by atoms with Gasteiger partial charge in [-0.2, -0.15) is 13.2 Å². The molecule has 0 aliphatic carbocycles. The van der Waals surface area contributed by atoms with Gasteiger partial charge in [0, 0.05) is 6.20 Å². The van der Waals surface area contributed by atoms with E-state index in [1.165, 1.54) is 0 Å². The lowest BCUT2D eigenvalue weighted by molar-refractivity contribution is -0.141. The fourth-order valence-corrected chi connectivity index (χ4v) is 1.38. The second-order valence-corrected chi connectivity index (χ2v) is 4.88. The molecule has 0 atom stereocenters. The quantitative estimate of drug-likeness (QED) is 0.860. The number of carbonyl (C=O) groups excluding carboxylic acids is 1. The highest BCUT2D eigenvalue weighted by Gasteiger charge is 2.32. The summed E-state index contributed by atoms with van der Waals surface area (Å²) in [5, 5.41) is 0. The molecule has 0 unspecified atom stereocenters.